The molecule has 0 bridgehead atoms. The van der Waals surface area contributed by atoms with E-state index >= 15 is 0 Å². The summed E-state index contributed by atoms with van der Waals surface area (Å²) in [4.78, 5) is 0. The molecule has 2 atom stereocenters. The van der Waals surface area contributed by atoms with Crippen molar-refractivity contribution in [1.82, 2.24) is 0 Å². The zero-order valence-corrected chi connectivity index (χ0v) is 13.3. The van der Waals surface area contributed by atoms with Gasteiger partial charge in [-0.2, -0.15) is 0 Å². The molecule has 0 saturated carbocycles. The van der Waals surface area contributed by atoms with Gasteiger partial charge in [0.1, 0.15) is 11.5 Å². The van der Waals surface area contributed by atoms with Crippen LogP contribution in [0, 0.1) is 6.92 Å². The zero-order valence-electron chi connectivity index (χ0n) is 13.3. The molecular formula is C18H25NO2. The van der Waals surface area contributed by atoms with Crippen molar-refractivity contribution in [3.63, 3.8) is 0 Å². The van der Waals surface area contributed by atoms with Crippen LogP contribution in [0.5, 0.6) is 5.75 Å². The molecule has 2 aromatic rings. The smallest absolute Gasteiger partial charge is 0.171 e. The van der Waals surface area contributed by atoms with Crippen LogP contribution in [0.2, 0.25) is 0 Å². The summed E-state index contributed by atoms with van der Waals surface area (Å²) in [5.41, 5.74) is 8.61. The third-order valence-corrected chi connectivity index (χ3v) is 3.73. The minimum atomic E-state index is -0.260. The first-order valence-electron chi connectivity index (χ1n) is 7.59. The second kappa shape index (κ2) is 6.81. The highest BCUT2D eigenvalue weighted by atomic mass is 16.5. The van der Waals surface area contributed by atoms with Gasteiger partial charge in [-0.3, -0.25) is 0 Å². The van der Waals surface area contributed by atoms with Gasteiger partial charge in [0.25, 0.3) is 0 Å². The Hall–Kier alpha value is -1.74. The number of furan rings is 1. The zero-order chi connectivity index (χ0) is 15.4. The Bertz CT molecular complexity index is 561. The number of ether oxygens (including phenoxy) is 1. The van der Waals surface area contributed by atoms with Crippen LogP contribution in [-0.4, -0.2) is 6.04 Å². The lowest BCUT2D eigenvalue weighted by Crippen LogP contribution is -2.31. The highest BCUT2D eigenvalue weighted by Crippen LogP contribution is 2.32. The number of nitrogens with two attached hydrogens (primary N) is 1. The number of hydrogen-bond acceptors (Lipinski definition) is 3. The Labute approximate surface area is 127 Å². The van der Waals surface area contributed by atoms with Crippen LogP contribution in [0.25, 0.3) is 0 Å². The average molecular weight is 287 g/mol. The summed E-state index contributed by atoms with van der Waals surface area (Å²) in [6.45, 7) is 8.46. The van der Waals surface area contributed by atoms with Crippen molar-refractivity contribution in [1.29, 1.82) is 0 Å². The highest BCUT2D eigenvalue weighted by molar-refractivity contribution is 5.39. The van der Waals surface area contributed by atoms with Crippen molar-refractivity contribution in [2.24, 2.45) is 5.73 Å². The monoisotopic (exact) mass is 287 g/mol. The van der Waals surface area contributed by atoms with Gasteiger partial charge in [0.05, 0.1) is 6.26 Å². The number of aryl methyl sites for hydroxylation is 1. The van der Waals surface area contributed by atoms with Gasteiger partial charge >= 0.3 is 0 Å². The van der Waals surface area contributed by atoms with Crippen LogP contribution in [0.4, 0.5) is 0 Å². The normalized spacial score (nSPS) is 14.2. The maximum Gasteiger partial charge on any atom is 0.171 e. The Morgan fingerprint density at radius 1 is 1.24 bits per heavy atom. The van der Waals surface area contributed by atoms with Gasteiger partial charge in [-0.1, -0.05) is 32.9 Å². The first-order valence-corrected chi connectivity index (χ1v) is 7.59. The Kier molecular flexibility index (Phi) is 5.07. The summed E-state index contributed by atoms with van der Waals surface area (Å²) in [5.74, 6) is 2.08. The summed E-state index contributed by atoms with van der Waals surface area (Å²) in [7, 11) is 0. The Morgan fingerprint density at radius 3 is 2.57 bits per heavy atom. The van der Waals surface area contributed by atoms with Crippen LogP contribution < -0.4 is 10.5 Å². The molecule has 1 heterocycles. The second-order valence-corrected chi connectivity index (χ2v) is 5.82. The molecule has 0 fully saturated rings. The third kappa shape index (κ3) is 3.67. The standard InChI is InChI=1S/C18H25NO2/c1-5-15(19)18(16-7-6-10-20-16)21-17-11-13(4)8-9-14(17)12(2)3/h6-12,15,18H,5,19H2,1-4H3. The van der Waals surface area contributed by atoms with E-state index in [1.807, 2.05) is 12.1 Å². The van der Waals surface area contributed by atoms with Crippen molar-refractivity contribution in [3.05, 3.63) is 53.5 Å². The van der Waals surface area contributed by atoms with E-state index in [0.29, 0.717) is 5.92 Å². The summed E-state index contributed by atoms with van der Waals surface area (Å²) >= 11 is 0. The quantitative estimate of drug-likeness (QED) is 0.846. The molecule has 3 nitrogen and oxygen atoms in total. The van der Waals surface area contributed by atoms with E-state index in [4.69, 9.17) is 14.9 Å². The average Bonchev–Trinajstić information content (AvgIpc) is 2.97. The van der Waals surface area contributed by atoms with Gasteiger partial charge in [0.2, 0.25) is 0 Å². The van der Waals surface area contributed by atoms with Gasteiger partial charge in [0.15, 0.2) is 6.10 Å². The van der Waals surface area contributed by atoms with Crippen LogP contribution in [0.15, 0.2) is 41.0 Å². The third-order valence-electron chi connectivity index (χ3n) is 3.73. The van der Waals surface area contributed by atoms with Crippen molar-refractivity contribution in [3.8, 4) is 5.75 Å². The van der Waals surface area contributed by atoms with E-state index in [-0.39, 0.29) is 12.1 Å². The predicted molar refractivity (Wildman–Crippen MR) is 85.6 cm³/mol. The van der Waals surface area contributed by atoms with Crippen molar-refractivity contribution < 1.29 is 9.15 Å². The molecule has 3 heteroatoms. The summed E-state index contributed by atoms with van der Waals surface area (Å²) in [6.07, 6.45) is 2.23. The topological polar surface area (TPSA) is 48.4 Å². The number of benzene rings is 1. The second-order valence-electron chi connectivity index (χ2n) is 5.82. The molecule has 0 aliphatic rings. The molecule has 0 spiro atoms. The van der Waals surface area contributed by atoms with Gasteiger partial charge in [-0.25, -0.2) is 0 Å². The number of hydrogen-bond donors (Lipinski definition) is 1. The molecule has 114 valence electrons. The molecule has 0 aliphatic heterocycles. The Morgan fingerprint density at radius 2 is 2.00 bits per heavy atom. The van der Waals surface area contributed by atoms with E-state index in [1.54, 1.807) is 6.26 Å². The molecule has 1 aromatic heterocycles. The maximum absolute atomic E-state index is 6.27. The molecule has 2 unspecified atom stereocenters. The van der Waals surface area contributed by atoms with Crippen LogP contribution >= 0.6 is 0 Å². The van der Waals surface area contributed by atoms with Gasteiger partial charge < -0.3 is 14.9 Å². The predicted octanol–water partition coefficient (Wildman–Crippen LogP) is 4.57. The van der Waals surface area contributed by atoms with Crippen molar-refractivity contribution >= 4 is 0 Å². The fraction of sp³-hybridized carbons (Fsp3) is 0.444. The molecule has 0 amide bonds. The first-order chi connectivity index (χ1) is 10.0. The molecule has 1 aromatic carbocycles. The fourth-order valence-electron chi connectivity index (χ4n) is 2.38. The van der Waals surface area contributed by atoms with Crippen LogP contribution in [0.3, 0.4) is 0 Å². The highest BCUT2D eigenvalue weighted by Gasteiger charge is 2.24. The molecule has 2 N–H and O–H groups in total. The lowest BCUT2D eigenvalue weighted by molar-refractivity contribution is 0.143. The first kappa shape index (κ1) is 15.6. The van der Waals surface area contributed by atoms with E-state index in [1.165, 1.54) is 11.1 Å². The largest absolute Gasteiger partial charge is 0.481 e. The van der Waals surface area contributed by atoms with Gasteiger partial charge in [-0.05, 0) is 48.6 Å². The molecule has 21 heavy (non-hydrogen) atoms. The van der Waals surface area contributed by atoms with Crippen molar-refractivity contribution in [2.75, 3.05) is 0 Å². The lowest BCUT2D eigenvalue weighted by Gasteiger charge is -2.25. The molecular weight excluding hydrogens is 262 g/mol. The molecule has 2 rings (SSSR count). The van der Waals surface area contributed by atoms with Gasteiger partial charge in [0, 0.05) is 6.04 Å². The number of rotatable bonds is 6. The maximum atomic E-state index is 6.27. The summed E-state index contributed by atoms with van der Waals surface area (Å²) in [5, 5.41) is 0. The fourth-order valence-corrected chi connectivity index (χ4v) is 2.38. The van der Waals surface area contributed by atoms with E-state index in [2.05, 4.69) is 45.9 Å². The SMILES string of the molecule is CCC(N)C(Oc1cc(C)ccc1C(C)C)c1ccco1. The van der Waals surface area contributed by atoms with Crippen molar-refractivity contribution in [2.45, 2.75) is 52.2 Å². The lowest BCUT2D eigenvalue weighted by atomic mass is 10.00. The minimum absolute atomic E-state index is 0.100. The van der Waals surface area contributed by atoms with E-state index < -0.39 is 0 Å². The minimum Gasteiger partial charge on any atom is -0.481 e. The van der Waals surface area contributed by atoms with E-state index in [0.717, 1.165) is 17.9 Å². The summed E-state index contributed by atoms with van der Waals surface area (Å²) in [6, 6.07) is 10.0. The van der Waals surface area contributed by atoms with Crippen LogP contribution in [-0.2, 0) is 0 Å². The van der Waals surface area contributed by atoms with Gasteiger partial charge in [-0.15, -0.1) is 0 Å². The molecule has 0 radical (unpaired) electrons. The molecule has 0 saturated heterocycles. The van der Waals surface area contributed by atoms with E-state index in [9.17, 15) is 0 Å². The molecule has 0 aliphatic carbocycles. The Balaban J connectivity index is 2.35. The summed E-state index contributed by atoms with van der Waals surface area (Å²) < 4.78 is 11.8. The van der Waals surface area contributed by atoms with Crippen LogP contribution in [0.1, 0.15) is 56.1 Å².